The molecule has 0 aliphatic carbocycles. The number of halogens is 1. The lowest BCUT2D eigenvalue weighted by Gasteiger charge is -2.35. The zero-order valence-corrected chi connectivity index (χ0v) is 11.3. The smallest absolute Gasteiger partial charge is 0.127 e. The number of nitrogens with two attached hydrogens (primary N) is 1. The number of likely N-dealkylation sites (tertiary alicyclic amines) is 1. The fourth-order valence-electron chi connectivity index (χ4n) is 2.61. The standard InChI is InChI=1S/C15H23FN2/c1-11-5-6-18(9-12(11)2)10-14-7-13(8-17)3-4-15(14)16/h3-4,7,11-12H,5-6,8-10,17H2,1-2H3. The Morgan fingerprint density at radius 3 is 2.78 bits per heavy atom. The largest absolute Gasteiger partial charge is 0.326 e. The van der Waals surface area contributed by atoms with Crippen LogP contribution in [0.25, 0.3) is 0 Å². The summed E-state index contributed by atoms with van der Waals surface area (Å²) in [6.45, 7) is 7.89. The van der Waals surface area contributed by atoms with Gasteiger partial charge in [-0.3, -0.25) is 4.90 Å². The van der Waals surface area contributed by atoms with E-state index in [0.717, 1.165) is 30.1 Å². The number of nitrogens with zero attached hydrogens (tertiary/aromatic N) is 1. The monoisotopic (exact) mass is 250 g/mol. The Hall–Kier alpha value is -0.930. The fraction of sp³-hybridized carbons (Fsp3) is 0.600. The molecule has 1 aliphatic heterocycles. The van der Waals surface area contributed by atoms with Crippen LogP contribution in [-0.4, -0.2) is 18.0 Å². The maximum atomic E-state index is 13.8. The van der Waals surface area contributed by atoms with Crippen molar-refractivity contribution in [2.75, 3.05) is 13.1 Å². The molecule has 3 heteroatoms. The lowest BCUT2D eigenvalue weighted by atomic mass is 9.88. The van der Waals surface area contributed by atoms with Crippen LogP contribution in [0.2, 0.25) is 0 Å². The molecule has 1 heterocycles. The van der Waals surface area contributed by atoms with Gasteiger partial charge in [-0.25, -0.2) is 4.39 Å². The van der Waals surface area contributed by atoms with E-state index in [1.807, 2.05) is 6.07 Å². The van der Waals surface area contributed by atoms with Crippen molar-refractivity contribution in [2.24, 2.45) is 17.6 Å². The summed E-state index contributed by atoms with van der Waals surface area (Å²) in [6, 6.07) is 5.20. The van der Waals surface area contributed by atoms with Gasteiger partial charge in [0.05, 0.1) is 0 Å². The summed E-state index contributed by atoms with van der Waals surface area (Å²) < 4.78 is 13.8. The normalized spacial score (nSPS) is 25.3. The highest BCUT2D eigenvalue weighted by Crippen LogP contribution is 2.24. The second kappa shape index (κ2) is 5.81. The van der Waals surface area contributed by atoms with Crippen LogP contribution >= 0.6 is 0 Å². The summed E-state index contributed by atoms with van der Waals surface area (Å²) in [6.07, 6.45) is 1.21. The molecule has 100 valence electrons. The zero-order valence-electron chi connectivity index (χ0n) is 11.3. The molecule has 1 saturated heterocycles. The first-order chi connectivity index (χ1) is 8.60. The van der Waals surface area contributed by atoms with Crippen molar-refractivity contribution in [2.45, 2.75) is 33.4 Å². The summed E-state index contributed by atoms with van der Waals surface area (Å²) in [4.78, 5) is 2.35. The zero-order chi connectivity index (χ0) is 13.1. The predicted octanol–water partition coefficient (Wildman–Crippen LogP) is 2.76. The maximum Gasteiger partial charge on any atom is 0.127 e. The minimum atomic E-state index is -0.113. The average Bonchev–Trinajstić information content (AvgIpc) is 2.36. The number of piperidine rings is 1. The van der Waals surface area contributed by atoms with Crippen molar-refractivity contribution in [3.8, 4) is 0 Å². The molecule has 0 radical (unpaired) electrons. The summed E-state index contributed by atoms with van der Waals surface area (Å²) in [5.74, 6) is 1.36. The molecule has 1 aliphatic rings. The predicted molar refractivity (Wildman–Crippen MR) is 72.5 cm³/mol. The third-order valence-corrected chi connectivity index (χ3v) is 4.16. The van der Waals surface area contributed by atoms with Crippen LogP contribution in [0.4, 0.5) is 4.39 Å². The van der Waals surface area contributed by atoms with E-state index < -0.39 is 0 Å². The molecule has 18 heavy (non-hydrogen) atoms. The van der Waals surface area contributed by atoms with Crippen LogP contribution in [0.3, 0.4) is 0 Å². The molecule has 1 fully saturated rings. The summed E-state index contributed by atoms with van der Waals surface area (Å²) in [5, 5.41) is 0. The van der Waals surface area contributed by atoms with Gasteiger partial charge < -0.3 is 5.73 Å². The van der Waals surface area contributed by atoms with Crippen molar-refractivity contribution < 1.29 is 4.39 Å². The van der Waals surface area contributed by atoms with Crippen molar-refractivity contribution in [3.05, 3.63) is 35.1 Å². The van der Waals surface area contributed by atoms with Gasteiger partial charge in [0.15, 0.2) is 0 Å². The topological polar surface area (TPSA) is 29.3 Å². The molecule has 0 amide bonds. The van der Waals surface area contributed by atoms with Crippen molar-refractivity contribution in [1.29, 1.82) is 0 Å². The number of benzene rings is 1. The van der Waals surface area contributed by atoms with Gasteiger partial charge in [-0.2, -0.15) is 0 Å². The lowest BCUT2D eigenvalue weighted by Crippen LogP contribution is -2.38. The van der Waals surface area contributed by atoms with Crippen molar-refractivity contribution in [1.82, 2.24) is 4.90 Å². The van der Waals surface area contributed by atoms with E-state index in [9.17, 15) is 4.39 Å². The molecule has 0 spiro atoms. The van der Waals surface area contributed by atoms with Crippen LogP contribution in [0.15, 0.2) is 18.2 Å². The van der Waals surface area contributed by atoms with Gasteiger partial charge in [-0.05, 0) is 36.4 Å². The van der Waals surface area contributed by atoms with E-state index in [0.29, 0.717) is 19.0 Å². The SMILES string of the molecule is CC1CCN(Cc2cc(CN)ccc2F)CC1C. The van der Waals surface area contributed by atoms with E-state index in [4.69, 9.17) is 5.73 Å². The third kappa shape index (κ3) is 3.09. The average molecular weight is 250 g/mol. The number of hydrogen-bond donors (Lipinski definition) is 1. The van der Waals surface area contributed by atoms with E-state index in [1.54, 1.807) is 6.07 Å². The van der Waals surface area contributed by atoms with Gasteiger partial charge in [0.1, 0.15) is 5.82 Å². The Morgan fingerprint density at radius 1 is 1.33 bits per heavy atom. The first kappa shape index (κ1) is 13.5. The molecule has 0 bridgehead atoms. The summed E-state index contributed by atoms with van der Waals surface area (Å²) >= 11 is 0. The second-order valence-corrected chi connectivity index (χ2v) is 5.61. The minimum Gasteiger partial charge on any atom is -0.326 e. The minimum absolute atomic E-state index is 0.113. The molecule has 1 aromatic carbocycles. The third-order valence-electron chi connectivity index (χ3n) is 4.16. The molecular formula is C15H23FN2. The lowest BCUT2D eigenvalue weighted by molar-refractivity contribution is 0.131. The van der Waals surface area contributed by atoms with Gasteiger partial charge in [-0.1, -0.05) is 26.0 Å². The van der Waals surface area contributed by atoms with Crippen LogP contribution in [0.1, 0.15) is 31.4 Å². The number of hydrogen-bond acceptors (Lipinski definition) is 2. The maximum absolute atomic E-state index is 13.8. The first-order valence-corrected chi connectivity index (χ1v) is 6.80. The Morgan fingerprint density at radius 2 is 2.11 bits per heavy atom. The molecular weight excluding hydrogens is 227 g/mol. The van der Waals surface area contributed by atoms with Crippen LogP contribution in [-0.2, 0) is 13.1 Å². The van der Waals surface area contributed by atoms with E-state index in [-0.39, 0.29) is 5.82 Å². The molecule has 2 rings (SSSR count). The quantitative estimate of drug-likeness (QED) is 0.893. The molecule has 2 unspecified atom stereocenters. The number of rotatable bonds is 3. The fourth-order valence-corrected chi connectivity index (χ4v) is 2.61. The Balaban J connectivity index is 2.05. The summed E-state index contributed by atoms with van der Waals surface area (Å²) in [7, 11) is 0. The highest BCUT2D eigenvalue weighted by molar-refractivity contribution is 5.25. The molecule has 2 N–H and O–H groups in total. The van der Waals surface area contributed by atoms with Gasteiger partial charge in [-0.15, -0.1) is 0 Å². The highest BCUT2D eigenvalue weighted by Gasteiger charge is 2.23. The van der Waals surface area contributed by atoms with Gasteiger partial charge in [0.2, 0.25) is 0 Å². The summed E-state index contributed by atoms with van der Waals surface area (Å²) in [5.41, 5.74) is 7.39. The van der Waals surface area contributed by atoms with E-state index >= 15 is 0 Å². The Bertz CT molecular complexity index is 405. The molecule has 0 aromatic heterocycles. The molecule has 2 nitrogen and oxygen atoms in total. The van der Waals surface area contributed by atoms with E-state index in [1.165, 1.54) is 12.5 Å². The highest BCUT2D eigenvalue weighted by atomic mass is 19.1. The molecule has 2 atom stereocenters. The van der Waals surface area contributed by atoms with Crippen LogP contribution < -0.4 is 5.73 Å². The van der Waals surface area contributed by atoms with Crippen LogP contribution in [0.5, 0.6) is 0 Å². The Kier molecular flexibility index (Phi) is 4.36. The Labute approximate surface area is 109 Å². The van der Waals surface area contributed by atoms with Gasteiger partial charge in [0.25, 0.3) is 0 Å². The first-order valence-electron chi connectivity index (χ1n) is 6.80. The van der Waals surface area contributed by atoms with Crippen molar-refractivity contribution >= 4 is 0 Å². The molecule has 1 aromatic rings. The van der Waals surface area contributed by atoms with Gasteiger partial charge >= 0.3 is 0 Å². The van der Waals surface area contributed by atoms with Crippen molar-refractivity contribution in [3.63, 3.8) is 0 Å². The molecule has 0 saturated carbocycles. The second-order valence-electron chi connectivity index (χ2n) is 5.61. The van der Waals surface area contributed by atoms with Gasteiger partial charge in [0, 0.05) is 25.2 Å². The van der Waals surface area contributed by atoms with E-state index in [2.05, 4.69) is 18.7 Å². The van der Waals surface area contributed by atoms with Crippen LogP contribution in [0, 0.1) is 17.7 Å².